The topological polar surface area (TPSA) is 65.0 Å². The lowest BCUT2D eigenvalue weighted by atomic mass is 9.95. The number of aromatic nitrogens is 3. The first-order valence-electron chi connectivity index (χ1n) is 21.0. The molecule has 0 saturated heterocycles. The van der Waals surface area contributed by atoms with Crippen molar-refractivity contribution >= 4 is 75.4 Å². The zero-order valence-electron chi connectivity index (χ0n) is 33.6. The van der Waals surface area contributed by atoms with E-state index in [1.807, 2.05) is 59.9 Å². The second-order valence-corrected chi connectivity index (χ2v) is 17.0. The molecule has 0 radical (unpaired) electrons. The van der Waals surface area contributed by atoms with Crippen molar-refractivity contribution in [3.05, 3.63) is 200 Å². The molecule has 0 N–H and O–H groups in total. The molecule has 294 valence electrons. The van der Waals surface area contributed by atoms with E-state index in [1.54, 1.807) is 0 Å². The number of hydrogen-bond donors (Lipinski definition) is 0. The van der Waals surface area contributed by atoms with Gasteiger partial charge in [-0.1, -0.05) is 146 Å². The summed E-state index contributed by atoms with van der Waals surface area (Å²) in [4.78, 5) is 15.4. The Morgan fingerprint density at radius 2 is 0.810 bits per heavy atom. The Bertz CT molecular complexity index is 3920. The average Bonchev–Trinajstić information content (AvgIpc) is 4.05. The lowest BCUT2D eigenvalue weighted by Crippen LogP contribution is -2.00. The smallest absolute Gasteiger partial charge is 0.164 e. The predicted molar refractivity (Wildman–Crippen MR) is 260 cm³/mol. The molecule has 13 aromatic rings. The molecule has 6 heteroatoms. The van der Waals surface area contributed by atoms with Crippen LogP contribution in [-0.4, -0.2) is 15.0 Å². The number of rotatable bonds is 6. The summed E-state index contributed by atoms with van der Waals surface area (Å²) < 4.78 is 15.7. The van der Waals surface area contributed by atoms with Crippen LogP contribution >= 0.6 is 11.3 Å². The van der Waals surface area contributed by atoms with Gasteiger partial charge in [0.05, 0.1) is 0 Å². The summed E-state index contributed by atoms with van der Waals surface area (Å²) in [5.74, 6) is 1.78. The molecule has 0 aliphatic rings. The molecule has 9 aromatic carbocycles. The minimum atomic E-state index is 0.576. The summed E-state index contributed by atoms with van der Waals surface area (Å²) in [6.45, 7) is 0. The minimum Gasteiger partial charge on any atom is -0.456 e. The van der Waals surface area contributed by atoms with Crippen LogP contribution in [0.3, 0.4) is 0 Å². The maximum Gasteiger partial charge on any atom is 0.164 e. The molecule has 0 aliphatic carbocycles. The number of furan rings is 2. The molecule has 0 bridgehead atoms. The van der Waals surface area contributed by atoms with Gasteiger partial charge in [-0.15, -0.1) is 11.3 Å². The number of benzene rings is 9. The zero-order valence-corrected chi connectivity index (χ0v) is 34.4. The van der Waals surface area contributed by atoms with E-state index in [0.717, 1.165) is 88.4 Å². The van der Waals surface area contributed by atoms with Crippen LogP contribution in [0.5, 0.6) is 0 Å². The molecular weight excluding hydrogens is 791 g/mol. The Labute approximate surface area is 365 Å². The first-order valence-corrected chi connectivity index (χ1v) is 21.8. The molecular formula is C57H33N3O2S. The van der Waals surface area contributed by atoms with Crippen LogP contribution in [-0.2, 0) is 0 Å². The normalized spacial score (nSPS) is 11.8. The predicted octanol–water partition coefficient (Wildman–Crippen LogP) is 16.0. The van der Waals surface area contributed by atoms with E-state index in [1.165, 1.54) is 25.7 Å². The van der Waals surface area contributed by atoms with Crippen molar-refractivity contribution in [3.8, 4) is 67.5 Å². The third-order valence-electron chi connectivity index (χ3n) is 12.1. The first-order chi connectivity index (χ1) is 31.2. The fraction of sp³-hybridized carbons (Fsp3) is 0. The van der Waals surface area contributed by atoms with Crippen LogP contribution in [0.4, 0.5) is 0 Å². The molecule has 0 saturated carbocycles. The SMILES string of the molecule is c1ccc(-c2cccc(-c3nc(-c4ccccc4)nc(-c4cccc5oc6ccc(-c7cccc8oc9ccc(-c%10ccc%11c(c%10)sc%10ccccc%10%11)cc9c78)cc6c45)n3)c2)cc1. The number of hydrogen-bond acceptors (Lipinski definition) is 6. The first kappa shape index (κ1) is 35.6. The third kappa shape index (κ3) is 5.95. The Kier molecular flexibility index (Phi) is 8.01. The zero-order chi connectivity index (χ0) is 41.4. The average molecular weight is 824 g/mol. The van der Waals surface area contributed by atoms with Gasteiger partial charge in [0.25, 0.3) is 0 Å². The molecule has 63 heavy (non-hydrogen) atoms. The highest BCUT2D eigenvalue weighted by molar-refractivity contribution is 7.25. The summed E-state index contributed by atoms with van der Waals surface area (Å²) in [5, 5.41) is 6.69. The Hall–Kier alpha value is -8.19. The lowest BCUT2D eigenvalue weighted by molar-refractivity contribution is 0.669. The largest absolute Gasteiger partial charge is 0.456 e. The highest BCUT2D eigenvalue weighted by atomic mass is 32.1. The highest BCUT2D eigenvalue weighted by Gasteiger charge is 2.20. The van der Waals surface area contributed by atoms with Crippen molar-refractivity contribution in [3.63, 3.8) is 0 Å². The van der Waals surface area contributed by atoms with E-state index in [-0.39, 0.29) is 0 Å². The number of nitrogens with zero attached hydrogens (tertiary/aromatic N) is 3. The maximum absolute atomic E-state index is 6.57. The van der Waals surface area contributed by atoms with E-state index < -0.39 is 0 Å². The van der Waals surface area contributed by atoms with Gasteiger partial charge in [0.1, 0.15) is 22.3 Å². The summed E-state index contributed by atoms with van der Waals surface area (Å²) >= 11 is 1.84. The summed E-state index contributed by atoms with van der Waals surface area (Å²) in [5.41, 5.74) is 12.7. The Morgan fingerprint density at radius 3 is 1.59 bits per heavy atom. The molecule has 0 unspecified atom stereocenters. The lowest BCUT2D eigenvalue weighted by Gasteiger charge is -2.10. The third-order valence-corrected chi connectivity index (χ3v) is 13.3. The molecule has 4 heterocycles. The van der Waals surface area contributed by atoms with Crippen LogP contribution in [0.1, 0.15) is 0 Å². The molecule has 0 spiro atoms. The van der Waals surface area contributed by atoms with Crippen molar-refractivity contribution < 1.29 is 8.83 Å². The van der Waals surface area contributed by atoms with Gasteiger partial charge in [0.15, 0.2) is 17.5 Å². The monoisotopic (exact) mass is 823 g/mol. The van der Waals surface area contributed by atoms with Crippen molar-refractivity contribution in [1.29, 1.82) is 0 Å². The Balaban J connectivity index is 0.963. The summed E-state index contributed by atoms with van der Waals surface area (Å²) in [6, 6.07) is 69.8. The van der Waals surface area contributed by atoms with Crippen LogP contribution in [0.2, 0.25) is 0 Å². The van der Waals surface area contributed by atoms with Gasteiger partial charge in [-0.3, -0.25) is 0 Å². The van der Waals surface area contributed by atoms with E-state index in [2.05, 4.69) is 152 Å². The van der Waals surface area contributed by atoms with E-state index in [9.17, 15) is 0 Å². The van der Waals surface area contributed by atoms with Gasteiger partial charge < -0.3 is 8.83 Å². The standard InChI is InChI=1S/C57H33N3O2S/c1-3-12-34(13-4-1)36-16-9-17-40(30-36)56-58-55(35-14-5-2-6-15-35)59-57(60-56)44-20-11-22-50-54(44)46-32-39(26-29-48(46)62-50)41-19-10-21-49-53(41)45-31-37(25-28-47(45)61-49)38-24-27-43-42-18-7-8-23-51(42)63-52(43)33-38/h1-33H. The molecule has 0 atom stereocenters. The summed E-state index contributed by atoms with van der Waals surface area (Å²) in [7, 11) is 0. The molecule has 4 aromatic heterocycles. The van der Waals surface area contributed by atoms with E-state index >= 15 is 0 Å². The fourth-order valence-corrected chi connectivity index (χ4v) is 10.3. The van der Waals surface area contributed by atoms with E-state index in [0.29, 0.717) is 17.5 Å². The second-order valence-electron chi connectivity index (χ2n) is 15.9. The molecule has 5 nitrogen and oxygen atoms in total. The molecule has 0 aliphatic heterocycles. The fourth-order valence-electron chi connectivity index (χ4n) is 9.14. The maximum atomic E-state index is 6.57. The highest BCUT2D eigenvalue weighted by Crippen LogP contribution is 2.43. The van der Waals surface area contributed by atoms with Gasteiger partial charge in [-0.25, -0.2) is 15.0 Å². The Morgan fingerprint density at radius 1 is 0.286 bits per heavy atom. The van der Waals surface area contributed by atoms with Crippen LogP contribution in [0.25, 0.3) is 132 Å². The minimum absolute atomic E-state index is 0.576. The van der Waals surface area contributed by atoms with Crippen LogP contribution in [0, 0.1) is 0 Å². The van der Waals surface area contributed by atoms with Gasteiger partial charge >= 0.3 is 0 Å². The molecule has 0 fully saturated rings. The number of fused-ring (bicyclic) bond motifs is 9. The van der Waals surface area contributed by atoms with Crippen molar-refractivity contribution in [2.45, 2.75) is 0 Å². The molecule has 13 rings (SSSR count). The van der Waals surface area contributed by atoms with Gasteiger partial charge in [0.2, 0.25) is 0 Å². The van der Waals surface area contributed by atoms with Crippen LogP contribution in [0.15, 0.2) is 209 Å². The van der Waals surface area contributed by atoms with Crippen molar-refractivity contribution in [1.82, 2.24) is 15.0 Å². The van der Waals surface area contributed by atoms with Crippen molar-refractivity contribution in [2.75, 3.05) is 0 Å². The quantitative estimate of drug-likeness (QED) is 0.167. The van der Waals surface area contributed by atoms with Gasteiger partial charge in [-0.05, 0) is 88.0 Å². The second kappa shape index (κ2) is 14.2. The van der Waals surface area contributed by atoms with Crippen molar-refractivity contribution in [2.24, 2.45) is 0 Å². The summed E-state index contributed by atoms with van der Waals surface area (Å²) in [6.07, 6.45) is 0. The van der Waals surface area contributed by atoms with E-state index in [4.69, 9.17) is 23.8 Å². The number of thiophene rings is 1. The molecule has 0 amide bonds. The van der Waals surface area contributed by atoms with Crippen LogP contribution < -0.4 is 0 Å². The van der Waals surface area contributed by atoms with Gasteiger partial charge in [0, 0.05) is 58.4 Å². The van der Waals surface area contributed by atoms with Gasteiger partial charge in [-0.2, -0.15) is 0 Å².